The lowest BCUT2D eigenvalue weighted by Crippen LogP contribution is -1.97. The third kappa shape index (κ3) is 3.69. The molecule has 0 aromatic carbocycles. The molecule has 0 aliphatic rings. The molecule has 0 amide bonds. The largest absolute Gasteiger partial charge is 0.311 e. The molecule has 0 aliphatic carbocycles. The number of nitrogens with zero attached hydrogens (tertiary/aromatic N) is 1. The fraction of sp³-hybridized carbons (Fsp3) is 0. The van der Waals surface area contributed by atoms with Crippen molar-refractivity contribution in [1.82, 2.24) is 10.2 Å². The Labute approximate surface area is 85.2 Å². The molecule has 0 unspecified atom stereocenters. The summed E-state index contributed by atoms with van der Waals surface area (Å²) < 4.78 is 28.6. The van der Waals surface area contributed by atoms with Gasteiger partial charge in [0.2, 0.25) is 0 Å². The van der Waals surface area contributed by atoms with Gasteiger partial charge in [-0.25, -0.2) is 0 Å². The van der Waals surface area contributed by atoms with Crippen molar-refractivity contribution in [2.45, 2.75) is 5.03 Å². The third-order valence-corrected chi connectivity index (χ3v) is 2.59. The average molecular weight is 232 g/mol. The predicted molar refractivity (Wildman–Crippen MR) is 52.7 cm³/mol. The van der Waals surface area contributed by atoms with Crippen molar-refractivity contribution in [3.63, 3.8) is 0 Å². The number of aromatic amines is 1. The molecule has 0 radical (unpaired) electrons. The Hall–Kier alpha value is -1.18. The van der Waals surface area contributed by atoms with E-state index in [2.05, 4.69) is 10.2 Å². The van der Waals surface area contributed by atoms with Gasteiger partial charge in [0.25, 0.3) is 0 Å². The summed E-state index contributed by atoms with van der Waals surface area (Å²) in [4.78, 5) is 0. The highest BCUT2D eigenvalue weighted by Crippen LogP contribution is 1.99. The molecule has 0 saturated carbocycles. The topological polar surface area (TPSA) is 83.1 Å². The van der Waals surface area contributed by atoms with Gasteiger partial charge in [-0.15, -0.1) is 0 Å². The zero-order chi connectivity index (χ0) is 10.4. The monoisotopic (exact) mass is 232 g/mol. The van der Waals surface area contributed by atoms with E-state index in [4.69, 9.17) is 4.55 Å². The van der Waals surface area contributed by atoms with Crippen LogP contribution < -0.4 is 0 Å². The highest BCUT2D eigenvalue weighted by Gasteiger charge is 2.08. The van der Waals surface area contributed by atoms with Gasteiger partial charge in [0.15, 0.2) is 5.03 Å². The number of nitrogens with one attached hydrogen (secondary N) is 1. The SMILES string of the molecule is O=S(=O)(O)c1ccn[nH]1.c1ccsc1. The van der Waals surface area contributed by atoms with Crippen LogP contribution in [0.5, 0.6) is 0 Å². The van der Waals surface area contributed by atoms with E-state index in [9.17, 15) is 8.42 Å². The van der Waals surface area contributed by atoms with Gasteiger partial charge in [-0.1, -0.05) is 12.1 Å². The summed E-state index contributed by atoms with van der Waals surface area (Å²) in [5, 5.41) is 9.21. The number of H-pyrrole nitrogens is 1. The van der Waals surface area contributed by atoms with E-state index in [1.54, 1.807) is 11.3 Å². The summed E-state index contributed by atoms with van der Waals surface area (Å²) in [6.45, 7) is 0. The minimum absolute atomic E-state index is 0.289. The van der Waals surface area contributed by atoms with E-state index < -0.39 is 10.1 Å². The molecule has 0 bridgehead atoms. The zero-order valence-corrected chi connectivity index (χ0v) is 8.62. The molecule has 0 aliphatic heterocycles. The van der Waals surface area contributed by atoms with Crippen molar-refractivity contribution < 1.29 is 13.0 Å². The van der Waals surface area contributed by atoms with Gasteiger partial charge in [0, 0.05) is 0 Å². The molecule has 2 N–H and O–H groups in total. The Bertz CT molecular complexity index is 416. The molecule has 2 heterocycles. The molecule has 14 heavy (non-hydrogen) atoms. The molecule has 7 heteroatoms. The maximum atomic E-state index is 10.2. The van der Waals surface area contributed by atoms with Gasteiger partial charge >= 0.3 is 10.1 Å². The van der Waals surface area contributed by atoms with Gasteiger partial charge in [-0.2, -0.15) is 24.9 Å². The number of hydrogen-bond donors (Lipinski definition) is 2. The van der Waals surface area contributed by atoms with Gasteiger partial charge in [-0.05, 0) is 16.8 Å². The molecule has 76 valence electrons. The summed E-state index contributed by atoms with van der Waals surface area (Å²) in [6.07, 6.45) is 1.24. The van der Waals surface area contributed by atoms with Crippen molar-refractivity contribution in [2.24, 2.45) is 0 Å². The van der Waals surface area contributed by atoms with Crippen LogP contribution in [0.3, 0.4) is 0 Å². The number of thiophene rings is 1. The van der Waals surface area contributed by atoms with Crippen molar-refractivity contribution in [1.29, 1.82) is 0 Å². The van der Waals surface area contributed by atoms with Crippen molar-refractivity contribution in [2.75, 3.05) is 0 Å². The second kappa shape index (κ2) is 4.89. The van der Waals surface area contributed by atoms with Gasteiger partial charge in [0.05, 0.1) is 6.20 Å². The van der Waals surface area contributed by atoms with E-state index in [1.807, 2.05) is 22.9 Å². The smallest absolute Gasteiger partial charge is 0.281 e. The molecular weight excluding hydrogens is 224 g/mol. The first-order chi connectivity index (χ1) is 6.61. The van der Waals surface area contributed by atoms with E-state index in [0.29, 0.717) is 0 Å². The molecular formula is C7H8N2O3S2. The Morgan fingerprint density at radius 3 is 2.21 bits per heavy atom. The van der Waals surface area contributed by atoms with Crippen LogP contribution in [0.15, 0.2) is 40.2 Å². The first-order valence-electron chi connectivity index (χ1n) is 3.55. The van der Waals surface area contributed by atoms with E-state index in [0.717, 1.165) is 6.07 Å². The lowest BCUT2D eigenvalue weighted by molar-refractivity contribution is 0.479. The fourth-order valence-corrected chi connectivity index (χ4v) is 1.47. The van der Waals surface area contributed by atoms with Crippen LogP contribution in [-0.4, -0.2) is 23.2 Å². The Balaban J connectivity index is 0.000000165. The second-order valence-electron chi connectivity index (χ2n) is 2.19. The van der Waals surface area contributed by atoms with Gasteiger partial charge in [-0.3, -0.25) is 9.65 Å². The maximum absolute atomic E-state index is 10.2. The van der Waals surface area contributed by atoms with Crippen molar-refractivity contribution in [3.8, 4) is 0 Å². The van der Waals surface area contributed by atoms with Crippen LogP contribution in [-0.2, 0) is 10.1 Å². The average Bonchev–Trinajstić information content (AvgIpc) is 2.80. The van der Waals surface area contributed by atoms with Crippen molar-refractivity contribution >= 4 is 21.5 Å². The number of aromatic nitrogens is 2. The van der Waals surface area contributed by atoms with Crippen molar-refractivity contribution in [3.05, 3.63) is 35.2 Å². The lowest BCUT2D eigenvalue weighted by atomic mass is 10.7. The minimum atomic E-state index is -4.08. The van der Waals surface area contributed by atoms with Gasteiger partial charge in [0.1, 0.15) is 0 Å². The van der Waals surface area contributed by atoms with Crippen LogP contribution in [0.25, 0.3) is 0 Å². The summed E-state index contributed by atoms with van der Waals surface area (Å²) in [5.74, 6) is 0. The third-order valence-electron chi connectivity index (χ3n) is 1.18. The van der Waals surface area contributed by atoms with Crippen LogP contribution in [0, 0.1) is 0 Å². The highest BCUT2D eigenvalue weighted by atomic mass is 32.2. The predicted octanol–water partition coefficient (Wildman–Crippen LogP) is 1.40. The molecule has 2 aromatic rings. The minimum Gasteiger partial charge on any atom is -0.281 e. The maximum Gasteiger partial charge on any atom is 0.311 e. The van der Waals surface area contributed by atoms with Crippen LogP contribution in [0.2, 0.25) is 0 Å². The Morgan fingerprint density at radius 1 is 1.36 bits per heavy atom. The van der Waals surface area contributed by atoms with Crippen LogP contribution >= 0.6 is 11.3 Å². The number of rotatable bonds is 1. The highest BCUT2D eigenvalue weighted by molar-refractivity contribution is 7.85. The Kier molecular flexibility index (Phi) is 3.81. The molecule has 0 fully saturated rings. The summed E-state index contributed by atoms with van der Waals surface area (Å²) in [7, 11) is -4.08. The lowest BCUT2D eigenvalue weighted by Gasteiger charge is -1.85. The molecule has 0 atom stereocenters. The van der Waals surface area contributed by atoms with Crippen LogP contribution in [0.1, 0.15) is 0 Å². The normalized spacial score (nSPS) is 10.4. The first kappa shape index (κ1) is 10.9. The van der Waals surface area contributed by atoms with Crippen LogP contribution in [0.4, 0.5) is 0 Å². The fourth-order valence-electron chi connectivity index (χ4n) is 0.614. The first-order valence-corrected chi connectivity index (χ1v) is 5.93. The van der Waals surface area contributed by atoms with E-state index in [1.165, 1.54) is 6.20 Å². The Morgan fingerprint density at radius 2 is 2.00 bits per heavy atom. The summed E-state index contributed by atoms with van der Waals surface area (Å²) in [6, 6.07) is 5.20. The quantitative estimate of drug-likeness (QED) is 0.728. The summed E-state index contributed by atoms with van der Waals surface area (Å²) in [5.41, 5.74) is 0. The number of hydrogen-bond acceptors (Lipinski definition) is 4. The zero-order valence-electron chi connectivity index (χ0n) is 6.99. The molecule has 0 spiro atoms. The molecule has 2 rings (SSSR count). The second-order valence-corrected chi connectivity index (χ2v) is 4.40. The van der Waals surface area contributed by atoms with E-state index >= 15 is 0 Å². The van der Waals surface area contributed by atoms with E-state index in [-0.39, 0.29) is 5.03 Å². The molecule has 0 saturated heterocycles. The van der Waals surface area contributed by atoms with Gasteiger partial charge < -0.3 is 0 Å². The summed E-state index contributed by atoms with van der Waals surface area (Å²) >= 11 is 1.71. The standard InChI is InChI=1S/C4H4S.C3H4N2O3S/c1-2-4-5-3-1;6-9(7,8)3-1-2-4-5-3/h1-4H;1-2H,(H,4,5)(H,6,7,8). The molecule has 5 nitrogen and oxygen atoms in total. The molecule has 2 aromatic heterocycles.